The molecule has 1 aliphatic heterocycles. The summed E-state index contributed by atoms with van der Waals surface area (Å²) >= 11 is 0. The number of ether oxygens (including phenoxy) is 1. The van der Waals surface area contributed by atoms with Crippen LogP contribution < -0.4 is 4.74 Å². The average Bonchev–Trinajstić information content (AvgIpc) is 2.42. The van der Waals surface area contributed by atoms with Crippen LogP contribution in [0.2, 0.25) is 0 Å². The molecular formula is C16H22F3NO. The topological polar surface area (TPSA) is 12.5 Å². The summed E-state index contributed by atoms with van der Waals surface area (Å²) in [6.45, 7) is 7.44. The van der Waals surface area contributed by atoms with E-state index in [9.17, 15) is 13.2 Å². The van der Waals surface area contributed by atoms with Gasteiger partial charge in [-0.15, -0.1) is 13.2 Å². The maximum atomic E-state index is 12.1. The third-order valence-corrected chi connectivity index (χ3v) is 4.48. The molecule has 0 aromatic heterocycles. The van der Waals surface area contributed by atoms with Crippen LogP contribution in [-0.4, -0.2) is 24.4 Å². The van der Waals surface area contributed by atoms with E-state index in [0.29, 0.717) is 5.41 Å². The highest BCUT2D eigenvalue weighted by Crippen LogP contribution is 2.34. The van der Waals surface area contributed by atoms with Crippen LogP contribution in [0.25, 0.3) is 0 Å². The van der Waals surface area contributed by atoms with Gasteiger partial charge in [0.15, 0.2) is 0 Å². The third-order valence-electron chi connectivity index (χ3n) is 4.48. The molecule has 1 aromatic carbocycles. The minimum Gasteiger partial charge on any atom is -0.406 e. The van der Waals surface area contributed by atoms with Gasteiger partial charge in [-0.3, -0.25) is 4.90 Å². The van der Waals surface area contributed by atoms with E-state index in [0.717, 1.165) is 25.2 Å². The minimum atomic E-state index is -4.63. The van der Waals surface area contributed by atoms with Crippen molar-refractivity contribution in [2.24, 2.45) is 5.41 Å². The Balaban J connectivity index is 1.87. The van der Waals surface area contributed by atoms with Gasteiger partial charge in [0.1, 0.15) is 5.75 Å². The second kappa shape index (κ2) is 6.26. The zero-order chi connectivity index (χ0) is 15.5. The monoisotopic (exact) mass is 301 g/mol. The Kier molecular flexibility index (Phi) is 4.81. The predicted molar refractivity (Wildman–Crippen MR) is 76.0 cm³/mol. The molecule has 0 atom stereocenters. The summed E-state index contributed by atoms with van der Waals surface area (Å²) in [5.41, 5.74) is 1.46. The highest BCUT2D eigenvalue weighted by atomic mass is 19.4. The largest absolute Gasteiger partial charge is 0.573 e. The standard InChI is InChI=1S/C16H22F3NO/c1-3-15(2)8-10-20(11-9-15)12-13-4-6-14(7-5-13)21-16(17,18)19/h4-7H,3,8-12H2,1-2H3. The predicted octanol–water partition coefficient (Wildman–Crippen LogP) is 4.60. The Morgan fingerprint density at radius 1 is 1.14 bits per heavy atom. The fraction of sp³-hybridized carbons (Fsp3) is 0.625. The number of alkyl halides is 3. The normalized spacial score (nSPS) is 19.5. The lowest BCUT2D eigenvalue weighted by atomic mass is 9.78. The zero-order valence-corrected chi connectivity index (χ0v) is 12.5. The molecule has 0 bridgehead atoms. The van der Waals surface area contributed by atoms with Gasteiger partial charge in [0, 0.05) is 6.54 Å². The number of rotatable bonds is 4. The lowest BCUT2D eigenvalue weighted by Crippen LogP contribution is -2.37. The molecule has 21 heavy (non-hydrogen) atoms. The van der Waals surface area contributed by atoms with Crippen molar-refractivity contribution in [2.75, 3.05) is 13.1 Å². The molecule has 1 aromatic rings. The molecule has 1 heterocycles. The van der Waals surface area contributed by atoms with Gasteiger partial charge >= 0.3 is 6.36 Å². The number of benzene rings is 1. The van der Waals surface area contributed by atoms with Crippen molar-refractivity contribution in [3.05, 3.63) is 29.8 Å². The molecule has 0 N–H and O–H groups in total. The second-order valence-corrected chi connectivity index (χ2v) is 6.13. The Morgan fingerprint density at radius 3 is 2.19 bits per heavy atom. The van der Waals surface area contributed by atoms with Crippen molar-refractivity contribution >= 4 is 0 Å². The highest BCUT2D eigenvalue weighted by Gasteiger charge is 2.31. The van der Waals surface area contributed by atoms with E-state index >= 15 is 0 Å². The summed E-state index contributed by atoms with van der Waals surface area (Å²) in [6.07, 6.45) is -1.07. The van der Waals surface area contributed by atoms with Gasteiger partial charge in [-0.05, 0) is 49.0 Å². The molecule has 0 saturated carbocycles. The molecule has 1 aliphatic rings. The molecule has 0 unspecified atom stereocenters. The van der Waals surface area contributed by atoms with Crippen molar-refractivity contribution in [2.45, 2.75) is 46.0 Å². The van der Waals surface area contributed by atoms with Crippen molar-refractivity contribution in [3.63, 3.8) is 0 Å². The smallest absolute Gasteiger partial charge is 0.406 e. The van der Waals surface area contributed by atoms with Gasteiger partial charge in [-0.2, -0.15) is 0 Å². The molecule has 118 valence electrons. The summed E-state index contributed by atoms with van der Waals surface area (Å²) < 4.78 is 40.1. The number of piperidine rings is 1. The maximum absolute atomic E-state index is 12.1. The average molecular weight is 301 g/mol. The van der Waals surface area contributed by atoms with E-state index in [1.54, 1.807) is 12.1 Å². The van der Waals surface area contributed by atoms with E-state index in [2.05, 4.69) is 23.5 Å². The number of hydrogen-bond acceptors (Lipinski definition) is 2. The Bertz CT molecular complexity index is 448. The molecule has 1 saturated heterocycles. The van der Waals surface area contributed by atoms with E-state index in [4.69, 9.17) is 0 Å². The number of hydrogen-bond donors (Lipinski definition) is 0. The Hall–Kier alpha value is -1.23. The van der Waals surface area contributed by atoms with Crippen molar-refractivity contribution in [1.82, 2.24) is 4.90 Å². The first kappa shape index (κ1) is 16.1. The minimum absolute atomic E-state index is 0.163. The first-order valence-corrected chi connectivity index (χ1v) is 7.37. The first-order chi connectivity index (χ1) is 9.80. The van der Waals surface area contributed by atoms with Gasteiger partial charge in [0.05, 0.1) is 0 Å². The van der Waals surface area contributed by atoms with Gasteiger partial charge in [0.25, 0.3) is 0 Å². The van der Waals surface area contributed by atoms with Crippen LogP contribution in [0.15, 0.2) is 24.3 Å². The molecule has 1 fully saturated rings. The van der Waals surface area contributed by atoms with Crippen molar-refractivity contribution < 1.29 is 17.9 Å². The van der Waals surface area contributed by atoms with Crippen LogP contribution in [0, 0.1) is 5.41 Å². The van der Waals surface area contributed by atoms with E-state index in [1.165, 1.54) is 31.4 Å². The molecule has 0 aliphatic carbocycles. The van der Waals surface area contributed by atoms with Crippen molar-refractivity contribution in [1.29, 1.82) is 0 Å². The zero-order valence-electron chi connectivity index (χ0n) is 12.5. The number of halogens is 3. The first-order valence-electron chi connectivity index (χ1n) is 7.37. The number of nitrogens with zero attached hydrogens (tertiary/aromatic N) is 1. The van der Waals surface area contributed by atoms with E-state index < -0.39 is 6.36 Å². The second-order valence-electron chi connectivity index (χ2n) is 6.13. The Labute approximate surface area is 123 Å². The van der Waals surface area contributed by atoms with Gasteiger partial charge in [-0.25, -0.2) is 0 Å². The fourth-order valence-electron chi connectivity index (χ4n) is 2.66. The maximum Gasteiger partial charge on any atom is 0.573 e. The summed E-state index contributed by atoms with van der Waals surface area (Å²) in [4.78, 5) is 2.36. The van der Waals surface area contributed by atoms with Crippen LogP contribution in [0.3, 0.4) is 0 Å². The molecular weight excluding hydrogens is 279 g/mol. The van der Waals surface area contributed by atoms with Gasteiger partial charge in [-0.1, -0.05) is 32.4 Å². The lowest BCUT2D eigenvalue weighted by molar-refractivity contribution is -0.274. The van der Waals surface area contributed by atoms with Crippen LogP contribution in [0.4, 0.5) is 13.2 Å². The lowest BCUT2D eigenvalue weighted by Gasteiger charge is -2.39. The molecule has 0 amide bonds. The van der Waals surface area contributed by atoms with Crippen LogP contribution in [0.5, 0.6) is 5.75 Å². The summed E-state index contributed by atoms with van der Waals surface area (Å²) in [6, 6.07) is 6.16. The molecule has 0 radical (unpaired) electrons. The molecule has 5 heteroatoms. The Morgan fingerprint density at radius 2 is 1.71 bits per heavy atom. The molecule has 0 spiro atoms. The fourth-order valence-corrected chi connectivity index (χ4v) is 2.66. The molecule has 2 rings (SSSR count). The van der Waals surface area contributed by atoms with Crippen LogP contribution >= 0.6 is 0 Å². The van der Waals surface area contributed by atoms with Crippen LogP contribution in [0.1, 0.15) is 38.7 Å². The highest BCUT2D eigenvalue weighted by molar-refractivity contribution is 5.27. The van der Waals surface area contributed by atoms with Crippen LogP contribution in [-0.2, 0) is 6.54 Å². The molecule has 2 nitrogen and oxygen atoms in total. The summed E-state index contributed by atoms with van der Waals surface area (Å²) in [5, 5.41) is 0. The van der Waals surface area contributed by atoms with E-state index in [-0.39, 0.29) is 5.75 Å². The van der Waals surface area contributed by atoms with Crippen molar-refractivity contribution in [3.8, 4) is 5.75 Å². The summed E-state index contributed by atoms with van der Waals surface area (Å²) in [7, 11) is 0. The van der Waals surface area contributed by atoms with Gasteiger partial charge in [0.2, 0.25) is 0 Å². The van der Waals surface area contributed by atoms with Gasteiger partial charge < -0.3 is 4.74 Å². The number of likely N-dealkylation sites (tertiary alicyclic amines) is 1. The SMILES string of the molecule is CCC1(C)CCN(Cc2ccc(OC(F)(F)F)cc2)CC1. The van der Waals surface area contributed by atoms with E-state index in [1.807, 2.05) is 0 Å². The third kappa shape index (κ3) is 4.92. The summed E-state index contributed by atoms with van der Waals surface area (Å²) in [5.74, 6) is -0.163. The quantitative estimate of drug-likeness (QED) is 0.806.